The van der Waals surface area contributed by atoms with Crippen molar-refractivity contribution >= 4 is 28.4 Å². The molecule has 1 aromatic carbocycles. The van der Waals surface area contributed by atoms with Gasteiger partial charge in [0.2, 0.25) is 0 Å². The van der Waals surface area contributed by atoms with Crippen LogP contribution in [0.15, 0.2) is 24.3 Å². The van der Waals surface area contributed by atoms with E-state index in [4.69, 9.17) is 4.74 Å². The molecule has 14 heavy (non-hydrogen) atoms. The Hall–Kier alpha value is -0.420. The molecule has 0 fully saturated rings. The summed E-state index contributed by atoms with van der Waals surface area (Å²) < 4.78 is 6.37. The van der Waals surface area contributed by atoms with E-state index in [-0.39, 0.29) is 18.5 Å². The van der Waals surface area contributed by atoms with Gasteiger partial charge in [-0.1, -0.05) is 12.1 Å². The summed E-state index contributed by atoms with van der Waals surface area (Å²) in [6.45, 7) is 4.00. The van der Waals surface area contributed by atoms with Gasteiger partial charge in [-0.3, -0.25) is 4.79 Å². The molecule has 0 heterocycles. The molecule has 0 unspecified atom stereocenters. The van der Waals surface area contributed by atoms with Crippen molar-refractivity contribution in [2.75, 3.05) is 6.61 Å². The second-order valence-electron chi connectivity index (χ2n) is 3.29. The van der Waals surface area contributed by atoms with E-state index in [9.17, 15) is 4.79 Å². The quantitative estimate of drug-likeness (QED) is 0.631. The maximum atomic E-state index is 11.5. The minimum atomic E-state index is 0.0371. The highest BCUT2D eigenvalue weighted by Crippen LogP contribution is 2.07. The third-order valence-corrected chi connectivity index (χ3v) is 2.43. The van der Waals surface area contributed by atoms with Crippen LogP contribution >= 0.6 is 22.6 Å². The molecule has 0 radical (unpaired) electrons. The van der Waals surface area contributed by atoms with Gasteiger partial charge in [0.1, 0.15) is 6.61 Å². The molecule has 3 heteroatoms. The van der Waals surface area contributed by atoms with Crippen molar-refractivity contribution in [2.24, 2.45) is 0 Å². The molecular formula is C11H13IO2. The van der Waals surface area contributed by atoms with Gasteiger partial charge in [0.15, 0.2) is 5.78 Å². The molecule has 0 aliphatic rings. The first-order chi connectivity index (χ1) is 6.59. The van der Waals surface area contributed by atoms with Gasteiger partial charge in [0.25, 0.3) is 0 Å². The first-order valence-electron chi connectivity index (χ1n) is 4.50. The number of hydrogen-bond donors (Lipinski definition) is 0. The predicted molar refractivity (Wildman–Crippen MR) is 64.6 cm³/mol. The topological polar surface area (TPSA) is 26.3 Å². The van der Waals surface area contributed by atoms with E-state index >= 15 is 0 Å². The normalized spacial score (nSPS) is 10.6. The Balaban J connectivity index is 2.57. The molecule has 0 amide bonds. The lowest BCUT2D eigenvalue weighted by atomic mass is 10.1. The highest BCUT2D eigenvalue weighted by atomic mass is 127. The molecule has 0 bridgehead atoms. The summed E-state index contributed by atoms with van der Waals surface area (Å²) in [6, 6.07) is 7.49. The SMILES string of the molecule is CC(C)OCC(=O)c1ccc(I)cc1. The molecule has 0 saturated heterocycles. The third-order valence-electron chi connectivity index (χ3n) is 1.71. The van der Waals surface area contributed by atoms with Gasteiger partial charge in [-0.2, -0.15) is 0 Å². The summed E-state index contributed by atoms with van der Waals surface area (Å²) in [5.41, 5.74) is 0.714. The van der Waals surface area contributed by atoms with Gasteiger partial charge in [-0.05, 0) is 48.6 Å². The van der Waals surface area contributed by atoms with E-state index in [0.717, 1.165) is 3.57 Å². The monoisotopic (exact) mass is 304 g/mol. The van der Waals surface area contributed by atoms with Gasteiger partial charge in [-0.15, -0.1) is 0 Å². The first kappa shape index (κ1) is 11.7. The van der Waals surface area contributed by atoms with E-state index < -0.39 is 0 Å². The fraction of sp³-hybridized carbons (Fsp3) is 0.364. The van der Waals surface area contributed by atoms with Gasteiger partial charge in [0.05, 0.1) is 6.10 Å². The van der Waals surface area contributed by atoms with E-state index in [0.29, 0.717) is 5.56 Å². The lowest BCUT2D eigenvalue weighted by Crippen LogP contribution is -2.13. The van der Waals surface area contributed by atoms with Crippen molar-refractivity contribution in [3.8, 4) is 0 Å². The van der Waals surface area contributed by atoms with E-state index in [1.165, 1.54) is 0 Å². The van der Waals surface area contributed by atoms with Crippen LogP contribution in [0.1, 0.15) is 24.2 Å². The number of carbonyl (C=O) groups is 1. The molecule has 0 aromatic heterocycles. The smallest absolute Gasteiger partial charge is 0.188 e. The van der Waals surface area contributed by atoms with Crippen molar-refractivity contribution in [1.29, 1.82) is 0 Å². The maximum absolute atomic E-state index is 11.5. The van der Waals surface area contributed by atoms with E-state index in [2.05, 4.69) is 22.6 Å². The number of carbonyl (C=O) groups excluding carboxylic acids is 1. The van der Waals surface area contributed by atoms with Gasteiger partial charge in [0, 0.05) is 9.13 Å². The summed E-state index contributed by atoms with van der Waals surface area (Å²) in [7, 11) is 0. The van der Waals surface area contributed by atoms with Crippen LogP contribution in [-0.4, -0.2) is 18.5 Å². The highest BCUT2D eigenvalue weighted by molar-refractivity contribution is 14.1. The fourth-order valence-electron chi connectivity index (χ4n) is 0.961. The van der Waals surface area contributed by atoms with Gasteiger partial charge < -0.3 is 4.74 Å². The Labute approximate surface area is 97.8 Å². The first-order valence-corrected chi connectivity index (χ1v) is 5.58. The van der Waals surface area contributed by atoms with Crippen molar-refractivity contribution in [3.63, 3.8) is 0 Å². The van der Waals surface area contributed by atoms with Crippen molar-refractivity contribution in [2.45, 2.75) is 20.0 Å². The average molecular weight is 304 g/mol. The molecule has 76 valence electrons. The second kappa shape index (κ2) is 5.46. The second-order valence-corrected chi connectivity index (χ2v) is 4.54. The van der Waals surface area contributed by atoms with Crippen LogP contribution in [0, 0.1) is 3.57 Å². The number of Topliss-reactive ketones (excluding diaryl/α,β-unsaturated/α-hetero) is 1. The fourth-order valence-corrected chi connectivity index (χ4v) is 1.32. The van der Waals surface area contributed by atoms with Crippen LogP contribution in [0.25, 0.3) is 0 Å². The van der Waals surface area contributed by atoms with Crippen LogP contribution in [0.2, 0.25) is 0 Å². The Kier molecular flexibility index (Phi) is 4.54. The summed E-state index contributed by atoms with van der Waals surface area (Å²) in [6.07, 6.45) is 0.0998. The van der Waals surface area contributed by atoms with Crippen LogP contribution in [-0.2, 0) is 4.74 Å². The van der Waals surface area contributed by atoms with Crippen LogP contribution in [0.4, 0.5) is 0 Å². The van der Waals surface area contributed by atoms with E-state index in [1.807, 2.05) is 38.1 Å². The molecule has 1 rings (SSSR count). The lowest BCUT2D eigenvalue weighted by molar-refractivity contribution is 0.0585. The number of benzene rings is 1. The molecule has 0 N–H and O–H groups in total. The Bertz CT molecular complexity index is 304. The number of hydrogen-bond acceptors (Lipinski definition) is 2. The molecular weight excluding hydrogens is 291 g/mol. The minimum absolute atomic E-state index is 0.0371. The van der Waals surface area contributed by atoms with Crippen molar-refractivity contribution in [1.82, 2.24) is 0 Å². The minimum Gasteiger partial charge on any atom is -0.371 e. The van der Waals surface area contributed by atoms with Gasteiger partial charge >= 0.3 is 0 Å². The lowest BCUT2D eigenvalue weighted by Gasteiger charge is -2.06. The summed E-state index contributed by atoms with van der Waals surface area (Å²) in [5, 5.41) is 0. The number of ether oxygens (including phenoxy) is 1. The molecule has 0 saturated carbocycles. The zero-order valence-electron chi connectivity index (χ0n) is 8.29. The number of halogens is 1. The molecule has 0 spiro atoms. The van der Waals surface area contributed by atoms with Crippen molar-refractivity contribution < 1.29 is 9.53 Å². The Morgan fingerprint density at radius 1 is 1.36 bits per heavy atom. The van der Waals surface area contributed by atoms with E-state index in [1.54, 1.807) is 0 Å². The number of rotatable bonds is 4. The van der Waals surface area contributed by atoms with Crippen LogP contribution < -0.4 is 0 Å². The number of ketones is 1. The molecule has 2 nitrogen and oxygen atoms in total. The van der Waals surface area contributed by atoms with Crippen LogP contribution in [0.3, 0.4) is 0 Å². The van der Waals surface area contributed by atoms with Gasteiger partial charge in [-0.25, -0.2) is 0 Å². The standard InChI is InChI=1S/C11H13IO2/c1-8(2)14-7-11(13)9-3-5-10(12)6-4-9/h3-6,8H,7H2,1-2H3. The Morgan fingerprint density at radius 3 is 2.43 bits per heavy atom. The van der Waals surface area contributed by atoms with Crippen LogP contribution in [0.5, 0.6) is 0 Å². The maximum Gasteiger partial charge on any atom is 0.188 e. The summed E-state index contributed by atoms with van der Waals surface area (Å²) >= 11 is 2.21. The largest absolute Gasteiger partial charge is 0.371 e. The predicted octanol–water partition coefficient (Wildman–Crippen LogP) is 2.90. The average Bonchev–Trinajstić information content (AvgIpc) is 2.15. The summed E-state index contributed by atoms with van der Waals surface area (Å²) in [5.74, 6) is 0.0371. The zero-order chi connectivity index (χ0) is 10.6. The molecule has 0 aliphatic carbocycles. The molecule has 0 aliphatic heterocycles. The third kappa shape index (κ3) is 3.75. The highest BCUT2D eigenvalue weighted by Gasteiger charge is 2.06. The summed E-state index contributed by atoms with van der Waals surface area (Å²) in [4.78, 5) is 11.5. The van der Waals surface area contributed by atoms with Crippen molar-refractivity contribution in [3.05, 3.63) is 33.4 Å². The molecule has 0 atom stereocenters. The molecule has 1 aromatic rings. The Morgan fingerprint density at radius 2 is 1.93 bits per heavy atom. The zero-order valence-corrected chi connectivity index (χ0v) is 10.4.